The lowest BCUT2D eigenvalue weighted by molar-refractivity contribution is 0.0711. The molecule has 134 valence electrons. The van der Waals surface area contributed by atoms with E-state index in [1.54, 1.807) is 6.20 Å². The lowest BCUT2D eigenvalue weighted by Gasteiger charge is -2.32. The Bertz CT molecular complexity index is 698. The number of hydrogen-bond acceptors (Lipinski definition) is 3. The van der Waals surface area contributed by atoms with E-state index in [0.717, 1.165) is 31.5 Å². The van der Waals surface area contributed by atoms with Gasteiger partial charge in [0.15, 0.2) is 0 Å². The molecule has 2 heterocycles. The van der Waals surface area contributed by atoms with Crippen LogP contribution in [0.1, 0.15) is 60.1 Å². The molecule has 2 aromatic rings. The van der Waals surface area contributed by atoms with Gasteiger partial charge in [0.05, 0.1) is 13.2 Å². The Morgan fingerprint density at radius 3 is 2.48 bits per heavy atom. The number of aromatic nitrogens is 2. The van der Waals surface area contributed by atoms with E-state index in [1.165, 1.54) is 11.3 Å². The molecule has 0 atom stereocenters. The summed E-state index contributed by atoms with van der Waals surface area (Å²) >= 11 is 0. The van der Waals surface area contributed by atoms with Crippen LogP contribution >= 0.6 is 0 Å². The van der Waals surface area contributed by atoms with E-state index < -0.39 is 0 Å². The highest BCUT2D eigenvalue weighted by Gasteiger charge is 2.26. The molecule has 1 amide bonds. The van der Waals surface area contributed by atoms with E-state index in [9.17, 15) is 4.79 Å². The Hall–Kier alpha value is -2.14. The molecule has 1 aliphatic heterocycles. The van der Waals surface area contributed by atoms with Gasteiger partial charge in [-0.1, -0.05) is 26.0 Å². The van der Waals surface area contributed by atoms with Crippen molar-refractivity contribution in [2.24, 2.45) is 0 Å². The van der Waals surface area contributed by atoms with Gasteiger partial charge in [-0.2, -0.15) is 5.10 Å². The lowest BCUT2D eigenvalue weighted by Crippen LogP contribution is -2.38. The highest BCUT2D eigenvalue weighted by Crippen LogP contribution is 2.28. The predicted molar refractivity (Wildman–Crippen MR) is 97.7 cm³/mol. The fourth-order valence-corrected chi connectivity index (χ4v) is 3.54. The molecule has 5 heteroatoms. The Morgan fingerprint density at radius 2 is 1.88 bits per heavy atom. The normalized spacial score (nSPS) is 15.8. The molecule has 0 radical (unpaired) electrons. The first-order chi connectivity index (χ1) is 12.1. The fraction of sp³-hybridized carbons (Fsp3) is 0.500. The predicted octanol–water partition coefficient (Wildman–Crippen LogP) is 3.02. The number of amides is 1. The molecule has 1 aromatic carbocycles. The van der Waals surface area contributed by atoms with Crippen LogP contribution in [0, 0.1) is 0 Å². The third-order valence-corrected chi connectivity index (χ3v) is 5.09. The van der Waals surface area contributed by atoms with Crippen LogP contribution in [-0.2, 0) is 6.54 Å². The summed E-state index contributed by atoms with van der Waals surface area (Å²) < 4.78 is 1.88. The maximum atomic E-state index is 12.7. The van der Waals surface area contributed by atoms with Crippen molar-refractivity contribution >= 4 is 5.91 Å². The molecule has 0 aliphatic carbocycles. The van der Waals surface area contributed by atoms with Gasteiger partial charge in [0.1, 0.15) is 0 Å². The number of piperidine rings is 1. The summed E-state index contributed by atoms with van der Waals surface area (Å²) in [5.74, 6) is 1.00. The summed E-state index contributed by atoms with van der Waals surface area (Å²) in [6, 6.07) is 10.0. The highest BCUT2D eigenvalue weighted by atomic mass is 16.3. The second-order valence-corrected chi connectivity index (χ2v) is 7.05. The third-order valence-electron chi connectivity index (χ3n) is 5.09. The average molecular weight is 341 g/mol. The first kappa shape index (κ1) is 17.7. The number of likely N-dealkylation sites (tertiary alicyclic amines) is 1. The lowest BCUT2D eigenvalue weighted by atomic mass is 9.93. The molecule has 0 unspecified atom stereocenters. The number of hydrogen-bond donors (Lipinski definition) is 1. The Morgan fingerprint density at radius 1 is 1.20 bits per heavy atom. The molecule has 1 fully saturated rings. The van der Waals surface area contributed by atoms with Crippen molar-refractivity contribution in [1.29, 1.82) is 0 Å². The zero-order valence-electron chi connectivity index (χ0n) is 15.1. The van der Waals surface area contributed by atoms with Crippen LogP contribution in [0.5, 0.6) is 0 Å². The summed E-state index contributed by atoms with van der Waals surface area (Å²) in [6.07, 6.45) is 3.67. The molecule has 1 aromatic heterocycles. The van der Waals surface area contributed by atoms with E-state index >= 15 is 0 Å². The maximum absolute atomic E-state index is 12.7. The third kappa shape index (κ3) is 3.93. The van der Waals surface area contributed by atoms with Gasteiger partial charge < -0.3 is 10.0 Å². The van der Waals surface area contributed by atoms with Crippen LogP contribution < -0.4 is 0 Å². The SMILES string of the molecule is CC(C)c1ccc(C(=O)N2CCC(c3ccnn3CCO)CC2)cc1. The van der Waals surface area contributed by atoms with Crippen LogP contribution in [0.25, 0.3) is 0 Å². The van der Waals surface area contributed by atoms with Gasteiger partial charge in [-0.15, -0.1) is 0 Å². The monoisotopic (exact) mass is 341 g/mol. The summed E-state index contributed by atoms with van der Waals surface area (Å²) in [5.41, 5.74) is 3.20. The molecule has 0 bridgehead atoms. The quantitative estimate of drug-likeness (QED) is 0.909. The zero-order valence-corrected chi connectivity index (χ0v) is 15.1. The number of rotatable bonds is 5. The molecular formula is C20H27N3O2. The standard InChI is InChI=1S/C20H27N3O2/c1-15(2)16-3-5-18(6-4-16)20(25)22-11-8-17(9-12-22)19-7-10-21-23(19)13-14-24/h3-7,10,15,17,24H,8-9,11-14H2,1-2H3. The minimum atomic E-state index is 0.0956. The van der Waals surface area contributed by atoms with Crippen molar-refractivity contribution in [3.05, 3.63) is 53.3 Å². The number of aliphatic hydroxyl groups excluding tert-OH is 1. The number of carbonyl (C=O) groups is 1. The van der Waals surface area contributed by atoms with E-state index in [-0.39, 0.29) is 12.5 Å². The van der Waals surface area contributed by atoms with E-state index in [2.05, 4.69) is 31.1 Å². The van der Waals surface area contributed by atoms with Crippen LogP contribution in [0.3, 0.4) is 0 Å². The molecule has 5 nitrogen and oxygen atoms in total. The smallest absolute Gasteiger partial charge is 0.253 e. The Kier molecular flexibility index (Phi) is 5.53. The van der Waals surface area contributed by atoms with E-state index in [4.69, 9.17) is 5.11 Å². The van der Waals surface area contributed by atoms with Gasteiger partial charge in [0, 0.05) is 36.5 Å². The van der Waals surface area contributed by atoms with Gasteiger partial charge in [-0.3, -0.25) is 9.48 Å². The van der Waals surface area contributed by atoms with Gasteiger partial charge in [-0.25, -0.2) is 0 Å². The molecule has 1 saturated heterocycles. The van der Waals surface area contributed by atoms with Gasteiger partial charge >= 0.3 is 0 Å². The summed E-state index contributed by atoms with van der Waals surface area (Å²) in [7, 11) is 0. The summed E-state index contributed by atoms with van der Waals surface area (Å²) in [6.45, 7) is 6.47. The number of carbonyl (C=O) groups excluding carboxylic acids is 1. The summed E-state index contributed by atoms with van der Waals surface area (Å²) in [5, 5.41) is 13.4. The largest absolute Gasteiger partial charge is 0.394 e. The second-order valence-electron chi connectivity index (χ2n) is 7.05. The van der Waals surface area contributed by atoms with E-state index in [1.807, 2.05) is 27.8 Å². The Labute approximate surface area is 149 Å². The van der Waals surface area contributed by atoms with Crippen molar-refractivity contribution in [2.45, 2.75) is 45.1 Å². The molecule has 0 saturated carbocycles. The van der Waals surface area contributed by atoms with Crippen molar-refractivity contribution in [3.8, 4) is 0 Å². The van der Waals surface area contributed by atoms with E-state index in [0.29, 0.717) is 18.4 Å². The second kappa shape index (κ2) is 7.83. The minimum absolute atomic E-state index is 0.0956. The fourth-order valence-electron chi connectivity index (χ4n) is 3.54. The van der Waals surface area contributed by atoms with Crippen molar-refractivity contribution in [3.63, 3.8) is 0 Å². The molecular weight excluding hydrogens is 314 g/mol. The minimum Gasteiger partial charge on any atom is -0.394 e. The maximum Gasteiger partial charge on any atom is 0.253 e. The molecule has 1 N–H and O–H groups in total. The number of aliphatic hydroxyl groups is 1. The van der Waals surface area contributed by atoms with Crippen LogP contribution in [0.2, 0.25) is 0 Å². The first-order valence-electron chi connectivity index (χ1n) is 9.12. The van der Waals surface area contributed by atoms with Crippen molar-refractivity contribution in [1.82, 2.24) is 14.7 Å². The topological polar surface area (TPSA) is 58.4 Å². The van der Waals surface area contributed by atoms with Gasteiger partial charge in [-0.05, 0) is 42.5 Å². The summed E-state index contributed by atoms with van der Waals surface area (Å²) in [4.78, 5) is 14.7. The molecule has 1 aliphatic rings. The molecule has 25 heavy (non-hydrogen) atoms. The van der Waals surface area contributed by atoms with Gasteiger partial charge in [0.25, 0.3) is 5.91 Å². The van der Waals surface area contributed by atoms with Crippen molar-refractivity contribution < 1.29 is 9.90 Å². The first-order valence-corrected chi connectivity index (χ1v) is 9.12. The van der Waals surface area contributed by atoms with Crippen LogP contribution in [0.4, 0.5) is 0 Å². The molecule has 3 rings (SSSR count). The number of benzene rings is 1. The Balaban J connectivity index is 1.61. The zero-order chi connectivity index (χ0) is 17.8. The van der Waals surface area contributed by atoms with Gasteiger partial charge in [0.2, 0.25) is 0 Å². The van der Waals surface area contributed by atoms with Crippen LogP contribution in [-0.4, -0.2) is 45.4 Å². The molecule has 0 spiro atoms. The number of nitrogens with zero attached hydrogens (tertiary/aromatic N) is 3. The van der Waals surface area contributed by atoms with Crippen molar-refractivity contribution in [2.75, 3.05) is 19.7 Å². The average Bonchev–Trinajstić information content (AvgIpc) is 3.10. The highest BCUT2D eigenvalue weighted by molar-refractivity contribution is 5.94. The van der Waals surface area contributed by atoms with Crippen LogP contribution in [0.15, 0.2) is 36.5 Å².